The van der Waals surface area contributed by atoms with Crippen LogP contribution in [0.25, 0.3) is 0 Å². The van der Waals surface area contributed by atoms with Crippen molar-refractivity contribution in [3.8, 4) is 0 Å². The Balaban J connectivity index is 2.29. The van der Waals surface area contributed by atoms with Crippen LogP contribution in [0.5, 0.6) is 0 Å². The minimum Gasteiger partial charge on any atom is -0.340 e. The second-order valence-electron chi connectivity index (χ2n) is 3.86. The summed E-state index contributed by atoms with van der Waals surface area (Å²) in [7, 11) is 0. The van der Waals surface area contributed by atoms with Gasteiger partial charge in [0.2, 0.25) is 0 Å². The van der Waals surface area contributed by atoms with Crippen molar-refractivity contribution in [1.82, 2.24) is 9.97 Å². The summed E-state index contributed by atoms with van der Waals surface area (Å²) in [5.41, 5.74) is 3.81. The van der Waals surface area contributed by atoms with Crippen molar-refractivity contribution in [1.29, 1.82) is 0 Å². The number of benzene rings is 1. The van der Waals surface area contributed by atoms with E-state index in [0.29, 0.717) is 22.4 Å². The number of aromatic nitrogens is 2. The molecule has 0 aliphatic rings. The lowest BCUT2D eigenvalue weighted by Crippen LogP contribution is -2.10. The van der Waals surface area contributed by atoms with Crippen LogP contribution in [-0.4, -0.2) is 16.2 Å². The van der Waals surface area contributed by atoms with Gasteiger partial charge in [0.05, 0.1) is 0 Å². The van der Waals surface area contributed by atoms with Gasteiger partial charge < -0.3 is 10.7 Å². The van der Waals surface area contributed by atoms with Gasteiger partial charge in [0, 0.05) is 11.8 Å². The fraction of sp³-hybridized carbons (Fsp3) is 0.167. The molecule has 0 saturated heterocycles. The largest absolute Gasteiger partial charge is 0.340 e. The lowest BCUT2D eigenvalue weighted by molar-refractivity contribution is 0.619. The Labute approximate surface area is 114 Å². The first-order valence-corrected chi connectivity index (χ1v) is 6.77. The molecule has 4 N–H and O–H groups in total. The molecule has 1 aromatic carbocycles. The zero-order valence-electron chi connectivity index (χ0n) is 10.6. The zero-order valence-corrected chi connectivity index (χ0v) is 11.4. The molecule has 1 heterocycles. The van der Waals surface area contributed by atoms with Crippen LogP contribution < -0.4 is 16.6 Å². The highest BCUT2D eigenvalue weighted by molar-refractivity contribution is 7.98. The zero-order chi connectivity index (χ0) is 13.8. The molecule has 100 valence electrons. The van der Waals surface area contributed by atoms with Gasteiger partial charge in [-0.3, -0.25) is 0 Å². The Bertz CT molecular complexity index is 568. The smallest absolute Gasteiger partial charge is 0.191 e. The standard InChI is InChI=1S/C12H14FN5S/c1-7-5-8(3-4-9(7)13)15-10-6-11(18-14)17-12(16-10)19-2/h3-6H,14H2,1-2H3,(H2,15,16,17,18). The molecule has 0 aliphatic carbocycles. The predicted octanol–water partition coefficient (Wildman–Crippen LogP) is 2.68. The lowest BCUT2D eigenvalue weighted by Gasteiger charge is -2.09. The van der Waals surface area contributed by atoms with Crippen LogP contribution >= 0.6 is 11.8 Å². The van der Waals surface area contributed by atoms with Crippen molar-refractivity contribution in [2.75, 3.05) is 17.0 Å². The van der Waals surface area contributed by atoms with Gasteiger partial charge in [-0.25, -0.2) is 20.2 Å². The Morgan fingerprint density at radius 1 is 1.21 bits per heavy atom. The monoisotopic (exact) mass is 279 g/mol. The Morgan fingerprint density at radius 2 is 1.95 bits per heavy atom. The minimum absolute atomic E-state index is 0.234. The number of hydrogen-bond acceptors (Lipinski definition) is 6. The van der Waals surface area contributed by atoms with Crippen LogP contribution in [0.15, 0.2) is 29.4 Å². The molecule has 0 fully saturated rings. The molecule has 0 unspecified atom stereocenters. The van der Waals surface area contributed by atoms with E-state index in [4.69, 9.17) is 5.84 Å². The summed E-state index contributed by atoms with van der Waals surface area (Å²) in [4.78, 5) is 8.46. The van der Waals surface area contributed by atoms with Crippen molar-refractivity contribution in [3.05, 3.63) is 35.6 Å². The second-order valence-corrected chi connectivity index (χ2v) is 4.63. The average Bonchev–Trinajstić information content (AvgIpc) is 2.42. The van der Waals surface area contributed by atoms with E-state index in [0.717, 1.165) is 5.69 Å². The average molecular weight is 279 g/mol. The van der Waals surface area contributed by atoms with Gasteiger partial charge in [0.25, 0.3) is 0 Å². The summed E-state index contributed by atoms with van der Waals surface area (Å²) >= 11 is 1.41. The molecular formula is C12H14FN5S. The van der Waals surface area contributed by atoms with Gasteiger partial charge in [-0.15, -0.1) is 0 Å². The van der Waals surface area contributed by atoms with Gasteiger partial charge in [-0.1, -0.05) is 11.8 Å². The third kappa shape index (κ3) is 3.33. The Kier molecular flexibility index (Phi) is 4.18. The second kappa shape index (κ2) is 5.85. The first kappa shape index (κ1) is 13.6. The van der Waals surface area contributed by atoms with Gasteiger partial charge in [-0.05, 0) is 36.9 Å². The normalized spacial score (nSPS) is 10.3. The molecule has 1 aromatic heterocycles. The fourth-order valence-corrected chi connectivity index (χ4v) is 1.90. The van der Waals surface area contributed by atoms with E-state index in [2.05, 4.69) is 20.7 Å². The quantitative estimate of drug-likeness (QED) is 0.346. The molecule has 2 rings (SSSR count). The number of nitrogens with zero attached hydrogens (tertiary/aromatic N) is 2. The number of anilines is 3. The van der Waals surface area contributed by atoms with Gasteiger partial charge in [0.15, 0.2) is 5.16 Å². The molecule has 5 nitrogen and oxygen atoms in total. The highest BCUT2D eigenvalue weighted by Crippen LogP contribution is 2.21. The van der Waals surface area contributed by atoms with Crippen molar-refractivity contribution in [3.63, 3.8) is 0 Å². The summed E-state index contributed by atoms with van der Waals surface area (Å²) in [5.74, 6) is 6.23. The highest BCUT2D eigenvalue weighted by Gasteiger charge is 2.05. The summed E-state index contributed by atoms with van der Waals surface area (Å²) in [6.45, 7) is 1.71. The molecule has 0 aliphatic heterocycles. The van der Waals surface area contributed by atoms with Crippen molar-refractivity contribution >= 4 is 29.1 Å². The van der Waals surface area contributed by atoms with Crippen LogP contribution in [0.1, 0.15) is 5.56 Å². The summed E-state index contributed by atoms with van der Waals surface area (Å²) in [5, 5.41) is 3.69. The van der Waals surface area contributed by atoms with Crippen LogP contribution in [0, 0.1) is 12.7 Å². The van der Waals surface area contributed by atoms with E-state index in [-0.39, 0.29) is 5.82 Å². The number of halogens is 1. The number of nitrogens with two attached hydrogens (primary N) is 1. The van der Waals surface area contributed by atoms with Gasteiger partial charge in [-0.2, -0.15) is 0 Å². The van der Waals surface area contributed by atoms with Crippen molar-refractivity contribution in [2.45, 2.75) is 12.1 Å². The number of nitrogen functional groups attached to an aromatic ring is 1. The van der Waals surface area contributed by atoms with E-state index in [1.54, 1.807) is 25.1 Å². The van der Waals surface area contributed by atoms with Crippen LogP contribution in [0.3, 0.4) is 0 Å². The Hall–Kier alpha value is -1.86. The maximum Gasteiger partial charge on any atom is 0.191 e. The molecule has 0 atom stereocenters. The number of rotatable bonds is 4. The van der Waals surface area contributed by atoms with Crippen LogP contribution in [-0.2, 0) is 0 Å². The highest BCUT2D eigenvalue weighted by atomic mass is 32.2. The number of nitrogens with one attached hydrogen (secondary N) is 2. The molecule has 0 bridgehead atoms. The summed E-state index contributed by atoms with van der Waals surface area (Å²) in [6.07, 6.45) is 1.88. The molecule has 0 amide bonds. The molecular weight excluding hydrogens is 265 g/mol. The van der Waals surface area contributed by atoms with E-state index in [1.165, 1.54) is 17.8 Å². The molecule has 0 radical (unpaired) electrons. The number of aryl methyl sites for hydroxylation is 1. The molecule has 0 spiro atoms. The van der Waals surface area contributed by atoms with Gasteiger partial charge >= 0.3 is 0 Å². The summed E-state index contributed by atoms with van der Waals surface area (Å²) < 4.78 is 13.2. The molecule has 2 aromatic rings. The number of hydrogen-bond donors (Lipinski definition) is 3. The summed E-state index contributed by atoms with van der Waals surface area (Å²) in [6, 6.07) is 6.46. The van der Waals surface area contributed by atoms with E-state index >= 15 is 0 Å². The first-order valence-electron chi connectivity index (χ1n) is 5.55. The maximum atomic E-state index is 13.2. The predicted molar refractivity (Wildman–Crippen MR) is 76.0 cm³/mol. The SMILES string of the molecule is CSc1nc(NN)cc(Nc2ccc(F)c(C)c2)n1. The van der Waals surface area contributed by atoms with E-state index in [1.807, 2.05) is 6.26 Å². The van der Waals surface area contributed by atoms with Crippen LogP contribution in [0.2, 0.25) is 0 Å². The Morgan fingerprint density at radius 3 is 2.58 bits per heavy atom. The van der Waals surface area contributed by atoms with E-state index < -0.39 is 0 Å². The maximum absolute atomic E-state index is 13.2. The van der Waals surface area contributed by atoms with Gasteiger partial charge in [0.1, 0.15) is 17.5 Å². The van der Waals surface area contributed by atoms with Crippen molar-refractivity contribution in [2.24, 2.45) is 5.84 Å². The minimum atomic E-state index is -0.234. The fourth-order valence-electron chi connectivity index (χ4n) is 1.52. The molecule has 19 heavy (non-hydrogen) atoms. The molecule has 7 heteroatoms. The topological polar surface area (TPSA) is 75.9 Å². The van der Waals surface area contributed by atoms with Crippen LogP contribution in [0.4, 0.5) is 21.7 Å². The van der Waals surface area contributed by atoms with Crippen molar-refractivity contribution < 1.29 is 4.39 Å². The number of hydrazine groups is 1. The van der Waals surface area contributed by atoms with E-state index in [9.17, 15) is 4.39 Å². The molecule has 0 saturated carbocycles. The third-order valence-corrected chi connectivity index (χ3v) is 3.01. The number of thioether (sulfide) groups is 1. The third-order valence-electron chi connectivity index (χ3n) is 2.47. The lowest BCUT2D eigenvalue weighted by atomic mass is 10.2. The first-order chi connectivity index (χ1) is 9.12.